The van der Waals surface area contributed by atoms with Crippen molar-refractivity contribution in [2.24, 2.45) is 0 Å². The molecule has 1 aliphatic heterocycles. The smallest absolute Gasteiger partial charge is 0.224 e. The standard InChI is InChI=1S/C22H28N2O2/c1-3-24(4-2)20(18-8-6-5-7-9-18)16-23-22(25)15-17-10-11-21-19(14-17)12-13-26-21/h5-11,14,20H,3-4,12-13,15-16H2,1-2H3,(H,23,25). The predicted octanol–water partition coefficient (Wildman–Crippen LogP) is 3.36. The van der Waals surface area contributed by atoms with Gasteiger partial charge in [0.2, 0.25) is 5.91 Å². The molecular formula is C22H28N2O2. The SMILES string of the molecule is CCN(CC)C(CNC(=O)Cc1ccc2c(c1)CCO2)c1ccccc1. The van der Waals surface area contributed by atoms with E-state index in [9.17, 15) is 4.79 Å². The quantitative estimate of drug-likeness (QED) is 0.792. The van der Waals surface area contributed by atoms with Gasteiger partial charge in [0.25, 0.3) is 0 Å². The molecule has 3 rings (SSSR count). The predicted molar refractivity (Wildman–Crippen MR) is 104 cm³/mol. The van der Waals surface area contributed by atoms with Gasteiger partial charge in [0.15, 0.2) is 0 Å². The molecule has 0 aromatic heterocycles. The lowest BCUT2D eigenvalue weighted by molar-refractivity contribution is -0.120. The average molecular weight is 352 g/mol. The van der Waals surface area contributed by atoms with E-state index >= 15 is 0 Å². The van der Waals surface area contributed by atoms with Gasteiger partial charge in [-0.15, -0.1) is 0 Å². The number of hydrogen-bond donors (Lipinski definition) is 1. The van der Waals surface area contributed by atoms with Crippen molar-refractivity contribution in [3.8, 4) is 5.75 Å². The number of hydrogen-bond acceptors (Lipinski definition) is 3. The van der Waals surface area contributed by atoms with E-state index in [0.29, 0.717) is 13.0 Å². The number of rotatable bonds is 8. The fraction of sp³-hybridized carbons (Fsp3) is 0.409. The summed E-state index contributed by atoms with van der Waals surface area (Å²) in [5.74, 6) is 1.02. The fourth-order valence-corrected chi connectivity index (χ4v) is 3.61. The molecule has 0 bridgehead atoms. The van der Waals surface area contributed by atoms with E-state index in [-0.39, 0.29) is 11.9 Å². The Labute approximate surface area is 156 Å². The van der Waals surface area contributed by atoms with Crippen LogP contribution in [0, 0.1) is 0 Å². The molecule has 138 valence electrons. The van der Waals surface area contributed by atoms with E-state index < -0.39 is 0 Å². The number of ether oxygens (including phenoxy) is 1. The molecule has 0 saturated heterocycles. The highest BCUT2D eigenvalue weighted by molar-refractivity contribution is 5.78. The first-order chi connectivity index (χ1) is 12.7. The van der Waals surface area contributed by atoms with Gasteiger partial charge in [-0.25, -0.2) is 0 Å². The Morgan fingerprint density at radius 1 is 1.15 bits per heavy atom. The molecule has 4 nitrogen and oxygen atoms in total. The van der Waals surface area contributed by atoms with Crippen molar-refractivity contribution in [1.82, 2.24) is 10.2 Å². The highest BCUT2D eigenvalue weighted by atomic mass is 16.5. The van der Waals surface area contributed by atoms with Gasteiger partial charge in [-0.2, -0.15) is 0 Å². The Bertz CT molecular complexity index is 726. The van der Waals surface area contributed by atoms with Crippen molar-refractivity contribution >= 4 is 5.91 Å². The molecule has 0 saturated carbocycles. The maximum atomic E-state index is 12.5. The van der Waals surface area contributed by atoms with Gasteiger partial charge in [-0.1, -0.05) is 56.3 Å². The molecule has 0 fully saturated rings. The number of amides is 1. The molecular weight excluding hydrogens is 324 g/mol. The molecule has 1 N–H and O–H groups in total. The summed E-state index contributed by atoms with van der Waals surface area (Å²) in [5.41, 5.74) is 3.50. The monoisotopic (exact) mass is 352 g/mol. The second-order valence-electron chi connectivity index (χ2n) is 6.67. The lowest BCUT2D eigenvalue weighted by Gasteiger charge is -2.30. The van der Waals surface area contributed by atoms with Crippen molar-refractivity contribution in [1.29, 1.82) is 0 Å². The number of nitrogens with one attached hydrogen (secondary N) is 1. The van der Waals surface area contributed by atoms with Crippen LogP contribution < -0.4 is 10.1 Å². The molecule has 0 spiro atoms. The Hall–Kier alpha value is -2.33. The zero-order chi connectivity index (χ0) is 18.4. The summed E-state index contributed by atoms with van der Waals surface area (Å²) in [6.07, 6.45) is 1.34. The van der Waals surface area contributed by atoms with E-state index in [1.165, 1.54) is 11.1 Å². The highest BCUT2D eigenvalue weighted by Crippen LogP contribution is 2.26. The summed E-state index contributed by atoms with van der Waals surface area (Å²) in [4.78, 5) is 14.9. The Morgan fingerprint density at radius 2 is 1.92 bits per heavy atom. The first-order valence-electron chi connectivity index (χ1n) is 9.51. The van der Waals surface area contributed by atoms with Crippen LogP contribution in [0.3, 0.4) is 0 Å². The van der Waals surface area contributed by atoms with Gasteiger partial charge in [0, 0.05) is 13.0 Å². The fourth-order valence-electron chi connectivity index (χ4n) is 3.61. The maximum Gasteiger partial charge on any atom is 0.224 e. The second kappa shape index (κ2) is 8.86. The van der Waals surface area contributed by atoms with Crippen molar-refractivity contribution in [3.63, 3.8) is 0 Å². The maximum absolute atomic E-state index is 12.5. The molecule has 26 heavy (non-hydrogen) atoms. The van der Waals surface area contributed by atoms with Crippen molar-refractivity contribution < 1.29 is 9.53 Å². The molecule has 1 atom stereocenters. The van der Waals surface area contributed by atoms with Crippen LogP contribution in [0.15, 0.2) is 48.5 Å². The summed E-state index contributed by atoms with van der Waals surface area (Å²) < 4.78 is 5.53. The number of likely N-dealkylation sites (N-methyl/N-ethyl adjacent to an activating group) is 1. The largest absolute Gasteiger partial charge is 0.493 e. The van der Waals surface area contributed by atoms with Gasteiger partial charge >= 0.3 is 0 Å². The highest BCUT2D eigenvalue weighted by Gasteiger charge is 2.19. The second-order valence-corrected chi connectivity index (χ2v) is 6.67. The minimum absolute atomic E-state index is 0.0666. The van der Waals surface area contributed by atoms with Crippen LogP contribution in [0.25, 0.3) is 0 Å². The van der Waals surface area contributed by atoms with Crippen molar-refractivity contribution in [2.75, 3.05) is 26.2 Å². The van der Waals surface area contributed by atoms with E-state index in [4.69, 9.17) is 4.74 Å². The van der Waals surface area contributed by atoms with Crippen LogP contribution in [0.5, 0.6) is 5.75 Å². The van der Waals surface area contributed by atoms with E-state index in [2.05, 4.69) is 54.4 Å². The van der Waals surface area contributed by atoms with E-state index in [0.717, 1.165) is 37.4 Å². The number of benzene rings is 2. The zero-order valence-electron chi connectivity index (χ0n) is 15.7. The number of fused-ring (bicyclic) bond motifs is 1. The zero-order valence-corrected chi connectivity index (χ0v) is 15.7. The molecule has 0 aliphatic carbocycles. The molecule has 4 heteroatoms. The summed E-state index contributed by atoms with van der Waals surface area (Å²) in [6, 6.07) is 16.7. The van der Waals surface area contributed by atoms with Crippen LogP contribution >= 0.6 is 0 Å². The van der Waals surface area contributed by atoms with Gasteiger partial charge in [-0.3, -0.25) is 9.69 Å². The summed E-state index contributed by atoms with van der Waals surface area (Å²) in [5, 5.41) is 3.13. The number of carbonyl (C=O) groups is 1. The molecule has 1 unspecified atom stereocenters. The van der Waals surface area contributed by atoms with Gasteiger partial charge < -0.3 is 10.1 Å². The molecule has 2 aromatic rings. The minimum atomic E-state index is 0.0666. The van der Waals surface area contributed by atoms with E-state index in [1.807, 2.05) is 18.2 Å². The average Bonchev–Trinajstić information content (AvgIpc) is 3.13. The first kappa shape index (κ1) is 18.5. The van der Waals surface area contributed by atoms with Crippen molar-refractivity contribution in [3.05, 3.63) is 65.2 Å². The Balaban J connectivity index is 1.62. The Kier molecular flexibility index (Phi) is 6.29. The van der Waals surface area contributed by atoms with Crippen LogP contribution in [-0.2, 0) is 17.6 Å². The van der Waals surface area contributed by atoms with Crippen LogP contribution in [0.1, 0.15) is 36.6 Å². The topological polar surface area (TPSA) is 41.6 Å². The number of carbonyl (C=O) groups excluding carboxylic acids is 1. The third-order valence-electron chi connectivity index (χ3n) is 5.05. The summed E-state index contributed by atoms with van der Waals surface area (Å²) in [7, 11) is 0. The summed E-state index contributed by atoms with van der Waals surface area (Å²) >= 11 is 0. The van der Waals surface area contributed by atoms with Crippen molar-refractivity contribution in [2.45, 2.75) is 32.7 Å². The number of nitrogens with zero attached hydrogens (tertiary/aromatic N) is 1. The molecule has 2 aromatic carbocycles. The van der Waals surface area contributed by atoms with Gasteiger partial charge in [0.1, 0.15) is 5.75 Å². The summed E-state index contributed by atoms with van der Waals surface area (Å²) in [6.45, 7) is 7.60. The first-order valence-corrected chi connectivity index (χ1v) is 9.51. The van der Waals surface area contributed by atoms with Gasteiger partial charge in [0.05, 0.1) is 19.1 Å². The van der Waals surface area contributed by atoms with Crippen LogP contribution in [-0.4, -0.2) is 37.0 Å². The molecule has 0 radical (unpaired) electrons. The lowest BCUT2D eigenvalue weighted by Crippen LogP contribution is -2.38. The van der Waals surface area contributed by atoms with Crippen LogP contribution in [0.2, 0.25) is 0 Å². The Morgan fingerprint density at radius 3 is 2.65 bits per heavy atom. The molecule has 1 aliphatic rings. The van der Waals surface area contributed by atoms with Gasteiger partial charge in [-0.05, 0) is 35.8 Å². The van der Waals surface area contributed by atoms with E-state index in [1.54, 1.807) is 0 Å². The third kappa shape index (κ3) is 4.44. The molecule has 1 amide bonds. The third-order valence-corrected chi connectivity index (χ3v) is 5.05. The normalized spacial score (nSPS) is 14.0. The molecule has 1 heterocycles. The minimum Gasteiger partial charge on any atom is -0.493 e. The lowest BCUT2D eigenvalue weighted by atomic mass is 10.0. The van der Waals surface area contributed by atoms with Crippen LogP contribution in [0.4, 0.5) is 0 Å².